The van der Waals surface area contributed by atoms with E-state index in [9.17, 15) is 27.1 Å². The Morgan fingerprint density at radius 1 is 1.16 bits per heavy atom. The van der Waals surface area contributed by atoms with Gasteiger partial charge in [0.25, 0.3) is 12.2 Å². The van der Waals surface area contributed by atoms with E-state index in [0.29, 0.717) is 37.7 Å². The van der Waals surface area contributed by atoms with Gasteiger partial charge in [0.2, 0.25) is 0 Å². The third-order valence-corrected chi connectivity index (χ3v) is 10.5. The van der Waals surface area contributed by atoms with Crippen molar-refractivity contribution in [2.45, 2.75) is 49.2 Å². The lowest BCUT2D eigenvalue weighted by molar-refractivity contribution is 0.108. The van der Waals surface area contributed by atoms with Crippen molar-refractivity contribution in [1.82, 2.24) is 25.2 Å². The standard InChI is InChI=1S/C36H30F6N6O2/c1-2-23-26(37)5-4-19-10-22(49)11-24(28(19)23)30-29(40)31-25(14-43-30)33(47-16-21-6-8-35(17-47,46-21)13-27(38)39)45-34(44-31)50-18-36-7-3-9-48(36)15-20(12-36)32(41)42/h1,4-5,10-11,13-14,21,46,49H,3,6-9,12,15-18H2/t21-,35-,36+/m1/s1. The van der Waals surface area contributed by atoms with Crippen LogP contribution < -0.4 is 15.0 Å². The summed E-state index contributed by atoms with van der Waals surface area (Å²) in [4.78, 5) is 17.2. The molecule has 3 atom stereocenters. The summed E-state index contributed by atoms with van der Waals surface area (Å²) in [6.45, 7) is 1.15. The Bertz CT molecular complexity index is 2180. The van der Waals surface area contributed by atoms with Gasteiger partial charge in [-0.1, -0.05) is 12.0 Å². The molecule has 0 spiro atoms. The molecule has 4 aromatic rings. The minimum atomic E-state index is -1.83. The van der Waals surface area contributed by atoms with Crippen LogP contribution >= 0.6 is 0 Å². The van der Waals surface area contributed by atoms with Crippen LogP contribution in [0.15, 0.2) is 54.3 Å². The van der Waals surface area contributed by atoms with E-state index in [1.54, 1.807) is 4.90 Å². The number of terminal acetylenes is 1. The maximum atomic E-state index is 16.9. The zero-order chi connectivity index (χ0) is 34.9. The molecule has 0 radical (unpaired) electrons. The molecule has 8 nitrogen and oxygen atoms in total. The molecule has 8 rings (SSSR count). The van der Waals surface area contributed by atoms with E-state index in [2.05, 4.69) is 26.2 Å². The average Bonchev–Trinajstić information content (AvgIpc) is 3.73. The van der Waals surface area contributed by atoms with Gasteiger partial charge >= 0.3 is 6.01 Å². The molecule has 14 heteroatoms. The minimum Gasteiger partial charge on any atom is -0.508 e. The van der Waals surface area contributed by atoms with Crippen LogP contribution in [0.4, 0.5) is 32.2 Å². The number of pyridine rings is 1. The van der Waals surface area contributed by atoms with Crippen molar-refractivity contribution >= 4 is 27.5 Å². The van der Waals surface area contributed by atoms with Crippen molar-refractivity contribution in [3.8, 4) is 35.4 Å². The monoisotopic (exact) mass is 692 g/mol. The van der Waals surface area contributed by atoms with Gasteiger partial charge in [-0.15, -0.1) is 6.42 Å². The highest BCUT2D eigenvalue weighted by Gasteiger charge is 2.49. The van der Waals surface area contributed by atoms with Gasteiger partial charge in [-0.25, -0.2) is 8.78 Å². The Labute approximate surface area is 282 Å². The van der Waals surface area contributed by atoms with Crippen LogP contribution in [-0.2, 0) is 0 Å². The molecule has 2 aromatic carbocycles. The fourth-order valence-electron chi connectivity index (χ4n) is 8.38. The molecule has 50 heavy (non-hydrogen) atoms. The number of aromatic nitrogens is 3. The summed E-state index contributed by atoms with van der Waals surface area (Å²) < 4.78 is 92.4. The molecule has 0 amide bonds. The van der Waals surface area contributed by atoms with Crippen molar-refractivity contribution in [2.24, 2.45) is 0 Å². The van der Waals surface area contributed by atoms with E-state index in [4.69, 9.17) is 11.2 Å². The topological polar surface area (TPSA) is 86.6 Å². The third kappa shape index (κ3) is 5.30. The van der Waals surface area contributed by atoms with Gasteiger partial charge < -0.3 is 20.1 Å². The number of hydrogen-bond donors (Lipinski definition) is 2. The Morgan fingerprint density at radius 2 is 2.00 bits per heavy atom. The van der Waals surface area contributed by atoms with Gasteiger partial charge in [0.15, 0.2) is 5.82 Å². The average molecular weight is 693 g/mol. The number of phenolic OH excluding ortho intramolecular Hbond substituents is 1. The highest BCUT2D eigenvalue weighted by atomic mass is 19.3. The number of benzene rings is 2. The van der Waals surface area contributed by atoms with Crippen LogP contribution in [0.5, 0.6) is 11.8 Å². The number of fused-ring (bicyclic) bond motifs is 5. The van der Waals surface area contributed by atoms with Crippen LogP contribution in [0.2, 0.25) is 0 Å². The number of rotatable bonds is 6. The lowest BCUT2D eigenvalue weighted by Gasteiger charge is -2.40. The molecular weight excluding hydrogens is 662 g/mol. The third-order valence-electron chi connectivity index (χ3n) is 10.5. The summed E-state index contributed by atoms with van der Waals surface area (Å²) in [5.41, 5.74) is -2.33. The van der Waals surface area contributed by atoms with Crippen LogP contribution in [-0.4, -0.2) is 74.9 Å². The molecular formula is C36H30F6N6O2. The van der Waals surface area contributed by atoms with Crippen LogP contribution in [0, 0.1) is 24.0 Å². The van der Waals surface area contributed by atoms with E-state index in [0.717, 1.165) is 18.6 Å². The molecule has 4 saturated heterocycles. The molecule has 2 aromatic heterocycles. The second-order valence-corrected chi connectivity index (χ2v) is 13.6. The lowest BCUT2D eigenvalue weighted by Crippen LogP contribution is -2.59. The Morgan fingerprint density at radius 3 is 2.78 bits per heavy atom. The Kier molecular flexibility index (Phi) is 7.68. The maximum absolute atomic E-state index is 16.9. The van der Waals surface area contributed by atoms with Gasteiger partial charge in [-0.2, -0.15) is 27.5 Å². The minimum absolute atomic E-state index is 0.0243. The normalized spacial score (nSPS) is 24.5. The number of hydrogen-bond acceptors (Lipinski definition) is 8. The van der Waals surface area contributed by atoms with E-state index >= 15 is 4.39 Å². The predicted octanol–water partition coefficient (Wildman–Crippen LogP) is 6.67. The number of piperazine rings is 1. The molecule has 6 heterocycles. The fourth-order valence-corrected chi connectivity index (χ4v) is 8.38. The molecule has 0 saturated carbocycles. The highest BCUT2D eigenvalue weighted by molar-refractivity contribution is 6.03. The number of anilines is 1. The second-order valence-electron chi connectivity index (χ2n) is 13.6. The maximum Gasteiger partial charge on any atom is 0.319 e. The molecule has 258 valence electrons. The summed E-state index contributed by atoms with van der Waals surface area (Å²) in [5.74, 6) is 0.620. The SMILES string of the molecule is C#Cc1c(F)ccc2cc(O)cc(-c3ncc4c(N5C[C@H]6CC[C@@](C=C(F)F)(C5)N6)nc(OC[C@@]56CCCN5CC(=C(F)F)C6)nc4c3F)c12. The van der Waals surface area contributed by atoms with Gasteiger partial charge in [-0.3, -0.25) is 9.88 Å². The van der Waals surface area contributed by atoms with Crippen molar-refractivity contribution in [2.75, 3.05) is 37.7 Å². The van der Waals surface area contributed by atoms with Crippen LogP contribution in [0.3, 0.4) is 0 Å². The Balaban J connectivity index is 1.28. The predicted molar refractivity (Wildman–Crippen MR) is 174 cm³/mol. The van der Waals surface area contributed by atoms with Crippen molar-refractivity contribution in [3.63, 3.8) is 0 Å². The van der Waals surface area contributed by atoms with E-state index in [-0.39, 0.29) is 88.4 Å². The first-order valence-electron chi connectivity index (χ1n) is 16.2. The first-order chi connectivity index (χ1) is 24.0. The smallest absolute Gasteiger partial charge is 0.319 e. The number of ether oxygens (including phenoxy) is 1. The number of aromatic hydroxyl groups is 1. The van der Waals surface area contributed by atoms with E-state index in [1.165, 1.54) is 24.4 Å². The molecule has 2 N–H and O–H groups in total. The molecule has 4 fully saturated rings. The van der Waals surface area contributed by atoms with Crippen molar-refractivity contribution < 1.29 is 36.2 Å². The van der Waals surface area contributed by atoms with Gasteiger partial charge in [0.05, 0.1) is 22.0 Å². The van der Waals surface area contributed by atoms with Gasteiger partial charge in [0, 0.05) is 54.5 Å². The van der Waals surface area contributed by atoms with E-state index < -0.39 is 34.9 Å². The largest absolute Gasteiger partial charge is 0.508 e. The molecule has 0 unspecified atom stereocenters. The number of nitrogens with zero attached hydrogens (tertiary/aromatic N) is 5. The highest BCUT2D eigenvalue weighted by Crippen LogP contribution is 2.44. The Hall–Kier alpha value is -4.87. The first kappa shape index (κ1) is 32.3. The summed E-state index contributed by atoms with van der Waals surface area (Å²) in [6.07, 6.45) is 6.94. The van der Waals surface area contributed by atoms with Crippen LogP contribution in [0.1, 0.15) is 37.7 Å². The number of phenols is 1. The quantitative estimate of drug-likeness (QED) is 0.171. The van der Waals surface area contributed by atoms with Crippen molar-refractivity contribution in [1.29, 1.82) is 0 Å². The zero-order valence-corrected chi connectivity index (χ0v) is 26.5. The zero-order valence-electron chi connectivity index (χ0n) is 26.5. The molecule has 2 bridgehead atoms. The van der Waals surface area contributed by atoms with Crippen molar-refractivity contribution in [3.05, 3.63) is 71.5 Å². The van der Waals surface area contributed by atoms with Crippen LogP contribution in [0.25, 0.3) is 32.9 Å². The summed E-state index contributed by atoms with van der Waals surface area (Å²) >= 11 is 0. The van der Waals surface area contributed by atoms with Gasteiger partial charge in [0.1, 0.15) is 35.2 Å². The summed E-state index contributed by atoms with van der Waals surface area (Å²) in [5, 5.41) is 14.5. The van der Waals surface area contributed by atoms with Gasteiger partial charge in [-0.05, 0) is 62.2 Å². The number of halogens is 6. The molecule has 4 aliphatic heterocycles. The summed E-state index contributed by atoms with van der Waals surface area (Å²) in [7, 11) is 0. The molecule has 4 aliphatic rings. The lowest BCUT2D eigenvalue weighted by atomic mass is 9.94. The second kappa shape index (κ2) is 11.9. The first-order valence-corrected chi connectivity index (χ1v) is 16.2. The number of nitrogens with one attached hydrogen (secondary N) is 1. The molecule has 0 aliphatic carbocycles. The summed E-state index contributed by atoms with van der Waals surface area (Å²) in [6, 6.07) is 4.78. The van der Waals surface area contributed by atoms with E-state index in [1.807, 2.05) is 4.90 Å². The fraction of sp³-hybridized carbons (Fsp3) is 0.361.